The van der Waals surface area contributed by atoms with Crippen LogP contribution in [0.4, 0.5) is 0 Å². The van der Waals surface area contributed by atoms with E-state index in [0.717, 1.165) is 24.0 Å². The second kappa shape index (κ2) is 10.2. The summed E-state index contributed by atoms with van der Waals surface area (Å²) >= 11 is 0. The van der Waals surface area contributed by atoms with Crippen LogP contribution in [0.3, 0.4) is 0 Å². The van der Waals surface area contributed by atoms with Crippen LogP contribution < -0.4 is 0 Å². The molecule has 0 saturated heterocycles. The lowest BCUT2D eigenvalue weighted by atomic mass is 10.1. The second-order valence-electron chi connectivity index (χ2n) is 6.79. The molecule has 0 aliphatic heterocycles. The van der Waals surface area contributed by atoms with E-state index in [0.29, 0.717) is 0 Å². The molecule has 0 spiro atoms. The first-order valence-corrected chi connectivity index (χ1v) is 9.13. The minimum absolute atomic E-state index is 0.744. The number of hydrogen-bond acceptors (Lipinski definition) is 2. The smallest absolute Gasteiger partial charge is 0.150 e. The van der Waals surface area contributed by atoms with Crippen LogP contribution in [-0.2, 0) is 6.54 Å². The maximum atomic E-state index is 10.3. The van der Waals surface area contributed by atoms with Gasteiger partial charge in [0.2, 0.25) is 0 Å². The third-order valence-corrected chi connectivity index (χ3v) is 4.32. The highest BCUT2D eigenvalue weighted by Gasteiger charge is 1.95. The Labute approximate surface area is 162 Å². The van der Waals surface area contributed by atoms with Crippen molar-refractivity contribution in [1.82, 2.24) is 0 Å². The molecule has 0 N–H and O–H groups in total. The van der Waals surface area contributed by atoms with E-state index < -0.39 is 0 Å². The topological polar surface area (TPSA) is 29.4 Å². The first kappa shape index (κ1) is 20.3. The van der Waals surface area contributed by atoms with E-state index in [1.807, 2.05) is 56.5 Å². The number of aldehydes is 1. The molecule has 138 valence electrons. The van der Waals surface area contributed by atoms with Gasteiger partial charge in [0.05, 0.1) is 6.54 Å². The Balaban J connectivity index is 0.000000223. The summed E-state index contributed by atoms with van der Waals surface area (Å²) in [6.07, 6.45) is 2.84. The zero-order chi connectivity index (χ0) is 19.6. The van der Waals surface area contributed by atoms with Crippen LogP contribution in [0.1, 0.15) is 43.7 Å². The number of aliphatic imine (C=N–C) groups is 1. The van der Waals surface area contributed by atoms with E-state index >= 15 is 0 Å². The van der Waals surface area contributed by atoms with Crippen LogP contribution in [0, 0.1) is 27.7 Å². The fourth-order valence-corrected chi connectivity index (χ4v) is 2.76. The van der Waals surface area contributed by atoms with Crippen LogP contribution in [0.15, 0.2) is 71.7 Å². The monoisotopic (exact) mass is 357 g/mol. The van der Waals surface area contributed by atoms with Crippen LogP contribution in [0.5, 0.6) is 0 Å². The third kappa shape index (κ3) is 6.67. The molecule has 0 saturated carbocycles. The molecule has 0 aliphatic carbocycles. The van der Waals surface area contributed by atoms with Gasteiger partial charge in [-0.25, -0.2) is 0 Å². The Bertz CT molecular complexity index is 911. The van der Waals surface area contributed by atoms with E-state index in [4.69, 9.17) is 0 Å². The first-order valence-electron chi connectivity index (χ1n) is 9.13. The Hall–Kier alpha value is -3.00. The number of carbonyl (C=O) groups excluding carboxylic acids is 1. The molecule has 0 atom stereocenters. The van der Waals surface area contributed by atoms with E-state index in [2.05, 4.69) is 49.2 Å². The number of carbonyl (C=O) groups is 1. The summed E-state index contributed by atoms with van der Waals surface area (Å²) in [5.41, 5.74) is 8.05. The van der Waals surface area contributed by atoms with Gasteiger partial charge in [0.25, 0.3) is 0 Å². The van der Waals surface area contributed by atoms with Crippen molar-refractivity contribution in [2.24, 2.45) is 4.99 Å². The van der Waals surface area contributed by atoms with E-state index in [-0.39, 0.29) is 0 Å². The molecule has 0 radical (unpaired) electrons. The molecule has 2 heteroatoms. The minimum atomic E-state index is 0.744. The Morgan fingerprint density at radius 2 is 1.30 bits per heavy atom. The second-order valence-corrected chi connectivity index (χ2v) is 6.79. The summed E-state index contributed by atoms with van der Waals surface area (Å²) < 4.78 is 0. The number of benzene rings is 3. The Kier molecular flexibility index (Phi) is 7.69. The largest absolute Gasteiger partial charge is 0.298 e. The molecule has 3 rings (SSSR count). The van der Waals surface area contributed by atoms with Gasteiger partial charge < -0.3 is 0 Å². The zero-order valence-corrected chi connectivity index (χ0v) is 16.6. The highest BCUT2D eigenvalue weighted by Crippen LogP contribution is 2.09. The highest BCUT2D eigenvalue weighted by atomic mass is 16.1. The molecule has 27 heavy (non-hydrogen) atoms. The zero-order valence-electron chi connectivity index (χ0n) is 16.6. The van der Waals surface area contributed by atoms with Crippen molar-refractivity contribution in [3.63, 3.8) is 0 Å². The predicted molar refractivity (Wildman–Crippen MR) is 115 cm³/mol. The van der Waals surface area contributed by atoms with Gasteiger partial charge in [-0.3, -0.25) is 9.79 Å². The molecular weight excluding hydrogens is 330 g/mol. The summed E-state index contributed by atoms with van der Waals surface area (Å²) in [5, 5.41) is 0. The highest BCUT2D eigenvalue weighted by molar-refractivity contribution is 5.81. The number of rotatable bonds is 4. The van der Waals surface area contributed by atoms with Crippen LogP contribution in [-0.4, -0.2) is 12.5 Å². The van der Waals surface area contributed by atoms with E-state index in [1.54, 1.807) is 0 Å². The van der Waals surface area contributed by atoms with Gasteiger partial charge in [-0.2, -0.15) is 0 Å². The normalized spacial score (nSPS) is 10.4. The van der Waals surface area contributed by atoms with Gasteiger partial charge in [0.15, 0.2) is 0 Å². The third-order valence-electron chi connectivity index (χ3n) is 4.32. The van der Waals surface area contributed by atoms with Crippen molar-refractivity contribution in [1.29, 1.82) is 0 Å². The molecule has 3 aromatic rings. The average molecular weight is 357 g/mol. The van der Waals surface area contributed by atoms with Gasteiger partial charge in [0, 0.05) is 11.8 Å². The molecular formula is C25H27NO. The number of hydrogen-bond donors (Lipinski definition) is 0. The summed E-state index contributed by atoms with van der Waals surface area (Å²) in [6.45, 7) is 8.93. The summed E-state index contributed by atoms with van der Waals surface area (Å²) in [4.78, 5) is 14.8. The van der Waals surface area contributed by atoms with Crippen LogP contribution >= 0.6 is 0 Å². The number of nitrogens with zero attached hydrogens (tertiary/aromatic N) is 1. The van der Waals surface area contributed by atoms with E-state index in [1.165, 1.54) is 27.8 Å². The van der Waals surface area contributed by atoms with Gasteiger partial charge in [-0.15, -0.1) is 0 Å². The van der Waals surface area contributed by atoms with Crippen molar-refractivity contribution in [3.05, 3.63) is 106 Å². The quantitative estimate of drug-likeness (QED) is 0.413. The van der Waals surface area contributed by atoms with Crippen molar-refractivity contribution < 1.29 is 4.79 Å². The summed E-state index contributed by atoms with van der Waals surface area (Å²) in [5.74, 6) is 0. The van der Waals surface area contributed by atoms with E-state index in [9.17, 15) is 4.79 Å². The molecule has 2 nitrogen and oxygen atoms in total. The van der Waals surface area contributed by atoms with Gasteiger partial charge in [0.1, 0.15) is 6.29 Å². The van der Waals surface area contributed by atoms with Crippen molar-refractivity contribution in [3.8, 4) is 0 Å². The summed E-state index contributed by atoms with van der Waals surface area (Å²) in [6, 6.07) is 22.5. The fraction of sp³-hybridized carbons (Fsp3) is 0.200. The maximum Gasteiger partial charge on any atom is 0.150 e. The molecule has 0 fully saturated rings. The summed E-state index contributed by atoms with van der Waals surface area (Å²) in [7, 11) is 0. The standard InChI is InChI=1S/C16H17N.C9H10O/c1-13-8-9-16(14(2)10-13)12-17-11-15-6-4-3-5-7-15;1-7-3-4-9(6-10)8(2)5-7/h3-10,12H,11H2,1-2H3;3-6H,1-2H3. The van der Waals surface area contributed by atoms with Crippen LogP contribution in [0.25, 0.3) is 0 Å². The maximum absolute atomic E-state index is 10.3. The minimum Gasteiger partial charge on any atom is -0.298 e. The lowest BCUT2D eigenvalue weighted by Crippen LogP contribution is -1.89. The first-order chi connectivity index (χ1) is 13.0. The molecule has 0 heterocycles. The lowest BCUT2D eigenvalue weighted by molar-refractivity contribution is 0.112. The van der Waals surface area contributed by atoms with Gasteiger partial charge >= 0.3 is 0 Å². The van der Waals surface area contributed by atoms with Gasteiger partial charge in [-0.05, 0) is 49.9 Å². The van der Waals surface area contributed by atoms with Crippen molar-refractivity contribution >= 4 is 12.5 Å². The fourth-order valence-electron chi connectivity index (χ4n) is 2.76. The lowest BCUT2D eigenvalue weighted by Gasteiger charge is -2.01. The Morgan fingerprint density at radius 1 is 0.741 bits per heavy atom. The van der Waals surface area contributed by atoms with Crippen molar-refractivity contribution in [2.75, 3.05) is 0 Å². The molecule has 0 bridgehead atoms. The molecule has 0 amide bonds. The molecule has 3 aromatic carbocycles. The van der Waals surface area contributed by atoms with Gasteiger partial charge in [-0.1, -0.05) is 77.9 Å². The van der Waals surface area contributed by atoms with Crippen molar-refractivity contribution in [2.45, 2.75) is 34.2 Å². The average Bonchev–Trinajstić information content (AvgIpc) is 2.65. The molecule has 0 aromatic heterocycles. The Morgan fingerprint density at radius 3 is 1.81 bits per heavy atom. The SMILES string of the molecule is Cc1ccc(C=NCc2ccccc2)c(C)c1.Cc1ccc(C=O)c(C)c1. The van der Waals surface area contributed by atoms with Crippen LogP contribution in [0.2, 0.25) is 0 Å². The molecule has 0 aliphatic rings. The molecule has 0 unspecified atom stereocenters. The number of aryl methyl sites for hydroxylation is 4. The predicted octanol–water partition coefficient (Wildman–Crippen LogP) is 6.04.